The van der Waals surface area contributed by atoms with Gasteiger partial charge in [-0.1, -0.05) is 60.7 Å². The highest BCUT2D eigenvalue weighted by molar-refractivity contribution is 5.99. The summed E-state index contributed by atoms with van der Waals surface area (Å²) in [5, 5.41) is 3.59. The van der Waals surface area contributed by atoms with Crippen LogP contribution in [0.3, 0.4) is 0 Å². The average Bonchev–Trinajstić information content (AvgIpc) is 2.96. The van der Waals surface area contributed by atoms with Crippen LogP contribution in [-0.4, -0.2) is 10.8 Å². The van der Waals surface area contributed by atoms with Crippen molar-refractivity contribution in [3.8, 4) is 0 Å². The van der Waals surface area contributed by atoms with Gasteiger partial charge in [0, 0.05) is 23.7 Å². The molecular formula is C23H21FN2O. The zero-order chi connectivity index (χ0) is 18.8. The van der Waals surface area contributed by atoms with Crippen LogP contribution >= 0.6 is 0 Å². The first-order valence-corrected chi connectivity index (χ1v) is 9.09. The number of nitrogens with zero attached hydrogens (tertiary/aromatic N) is 1. The van der Waals surface area contributed by atoms with Crippen molar-refractivity contribution in [2.45, 2.75) is 25.7 Å². The van der Waals surface area contributed by atoms with Crippen molar-refractivity contribution in [1.82, 2.24) is 10.2 Å². The first-order valence-electron chi connectivity index (χ1n) is 9.09. The second-order valence-electron chi connectivity index (χ2n) is 6.85. The Labute approximate surface area is 158 Å². The molecule has 0 saturated heterocycles. The second-order valence-corrected chi connectivity index (χ2v) is 6.85. The first kappa shape index (κ1) is 17.4. The number of fused-ring (bicyclic) bond motifs is 1. The molecule has 0 radical (unpaired) electrons. The largest absolute Gasteiger partial charge is 0.315 e. The third kappa shape index (κ3) is 3.49. The van der Waals surface area contributed by atoms with Crippen LogP contribution in [0.2, 0.25) is 0 Å². The SMILES string of the molecule is CC(NC1c2ccccc2C(=O)N1Cc1ccc(F)cc1)c1ccccc1. The van der Waals surface area contributed by atoms with Gasteiger partial charge < -0.3 is 4.90 Å². The van der Waals surface area contributed by atoms with Gasteiger partial charge in [-0.05, 0) is 36.2 Å². The summed E-state index contributed by atoms with van der Waals surface area (Å²) >= 11 is 0. The summed E-state index contributed by atoms with van der Waals surface area (Å²) < 4.78 is 13.2. The van der Waals surface area contributed by atoms with Crippen LogP contribution in [0, 0.1) is 5.82 Å². The number of halogens is 1. The van der Waals surface area contributed by atoms with E-state index in [1.54, 1.807) is 12.1 Å². The molecule has 1 aliphatic rings. The van der Waals surface area contributed by atoms with Gasteiger partial charge in [0.1, 0.15) is 12.0 Å². The second kappa shape index (κ2) is 7.33. The number of amides is 1. The highest BCUT2D eigenvalue weighted by Gasteiger charge is 2.37. The summed E-state index contributed by atoms with van der Waals surface area (Å²) in [6.07, 6.45) is -0.228. The van der Waals surface area contributed by atoms with E-state index in [4.69, 9.17) is 0 Å². The Balaban J connectivity index is 1.64. The standard InChI is InChI=1S/C23H21FN2O/c1-16(18-7-3-2-4-8-18)25-22-20-9-5-6-10-21(20)23(27)26(22)15-17-11-13-19(24)14-12-17/h2-14,16,22,25H,15H2,1H3. The van der Waals surface area contributed by atoms with E-state index in [-0.39, 0.29) is 23.9 Å². The first-order chi connectivity index (χ1) is 13.1. The van der Waals surface area contributed by atoms with Gasteiger partial charge in [-0.2, -0.15) is 0 Å². The smallest absolute Gasteiger partial charge is 0.256 e. The van der Waals surface area contributed by atoms with Crippen molar-refractivity contribution >= 4 is 5.91 Å². The van der Waals surface area contributed by atoms with Crippen molar-refractivity contribution < 1.29 is 9.18 Å². The van der Waals surface area contributed by atoms with Gasteiger partial charge in [0.25, 0.3) is 5.91 Å². The Morgan fingerprint density at radius 2 is 1.63 bits per heavy atom. The molecule has 136 valence electrons. The van der Waals surface area contributed by atoms with Crippen LogP contribution in [0.4, 0.5) is 4.39 Å². The van der Waals surface area contributed by atoms with Crippen molar-refractivity contribution in [3.05, 3.63) is 107 Å². The molecule has 2 atom stereocenters. The van der Waals surface area contributed by atoms with Crippen LogP contribution in [-0.2, 0) is 6.54 Å². The Hall–Kier alpha value is -2.98. The lowest BCUT2D eigenvalue weighted by Gasteiger charge is -2.29. The summed E-state index contributed by atoms with van der Waals surface area (Å²) in [4.78, 5) is 14.8. The maximum absolute atomic E-state index is 13.2. The lowest BCUT2D eigenvalue weighted by atomic mass is 10.1. The molecule has 1 N–H and O–H groups in total. The predicted molar refractivity (Wildman–Crippen MR) is 103 cm³/mol. The number of benzene rings is 3. The molecule has 0 saturated carbocycles. The number of rotatable bonds is 5. The number of hydrogen-bond donors (Lipinski definition) is 1. The van der Waals surface area contributed by atoms with Crippen LogP contribution in [0.5, 0.6) is 0 Å². The monoisotopic (exact) mass is 360 g/mol. The topological polar surface area (TPSA) is 32.3 Å². The Morgan fingerprint density at radius 1 is 0.963 bits per heavy atom. The van der Waals surface area contributed by atoms with E-state index in [2.05, 4.69) is 24.4 Å². The fourth-order valence-electron chi connectivity index (χ4n) is 3.57. The maximum atomic E-state index is 13.2. The van der Waals surface area contributed by atoms with E-state index in [1.807, 2.05) is 47.4 Å². The minimum Gasteiger partial charge on any atom is -0.315 e. The maximum Gasteiger partial charge on any atom is 0.256 e. The summed E-state index contributed by atoms with van der Waals surface area (Å²) in [6, 6.07) is 24.2. The zero-order valence-electron chi connectivity index (χ0n) is 15.1. The van der Waals surface area contributed by atoms with Gasteiger partial charge in [-0.15, -0.1) is 0 Å². The number of nitrogens with one attached hydrogen (secondary N) is 1. The van der Waals surface area contributed by atoms with E-state index in [0.717, 1.165) is 22.3 Å². The van der Waals surface area contributed by atoms with Crippen LogP contribution in [0.1, 0.15) is 46.2 Å². The number of carbonyl (C=O) groups excluding carboxylic acids is 1. The molecule has 0 aromatic heterocycles. The summed E-state index contributed by atoms with van der Waals surface area (Å²) in [6.45, 7) is 2.52. The van der Waals surface area contributed by atoms with Crippen LogP contribution in [0.15, 0.2) is 78.9 Å². The van der Waals surface area contributed by atoms with Gasteiger partial charge in [0.15, 0.2) is 0 Å². The quantitative estimate of drug-likeness (QED) is 0.707. The molecule has 3 nitrogen and oxygen atoms in total. The molecule has 1 heterocycles. The number of hydrogen-bond acceptors (Lipinski definition) is 2. The summed E-state index contributed by atoms with van der Waals surface area (Å²) in [7, 11) is 0. The molecule has 2 unspecified atom stereocenters. The minimum absolute atomic E-state index is 0.00677. The third-order valence-electron chi connectivity index (χ3n) is 5.03. The van der Waals surface area contributed by atoms with Crippen LogP contribution < -0.4 is 5.32 Å². The van der Waals surface area contributed by atoms with Gasteiger partial charge in [-0.25, -0.2) is 4.39 Å². The molecule has 4 rings (SSSR count). The Kier molecular flexibility index (Phi) is 4.73. The van der Waals surface area contributed by atoms with E-state index < -0.39 is 0 Å². The molecule has 0 aliphatic carbocycles. The minimum atomic E-state index is -0.276. The molecule has 1 amide bonds. The van der Waals surface area contributed by atoms with E-state index in [9.17, 15) is 9.18 Å². The van der Waals surface area contributed by atoms with Gasteiger partial charge in [0.05, 0.1) is 0 Å². The lowest BCUT2D eigenvalue weighted by molar-refractivity contribution is 0.0665. The Morgan fingerprint density at radius 3 is 2.37 bits per heavy atom. The Bertz CT molecular complexity index is 940. The fourth-order valence-corrected chi connectivity index (χ4v) is 3.57. The van der Waals surface area contributed by atoms with Crippen LogP contribution in [0.25, 0.3) is 0 Å². The predicted octanol–water partition coefficient (Wildman–Crippen LogP) is 4.83. The summed E-state index contributed by atoms with van der Waals surface area (Å²) in [5.41, 5.74) is 3.76. The van der Waals surface area contributed by atoms with Crippen molar-refractivity contribution in [2.75, 3.05) is 0 Å². The van der Waals surface area contributed by atoms with E-state index in [0.29, 0.717) is 6.54 Å². The van der Waals surface area contributed by atoms with Crippen molar-refractivity contribution in [2.24, 2.45) is 0 Å². The van der Waals surface area contributed by atoms with Gasteiger partial charge in [-0.3, -0.25) is 10.1 Å². The van der Waals surface area contributed by atoms with Crippen molar-refractivity contribution in [1.29, 1.82) is 0 Å². The third-order valence-corrected chi connectivity index (χ3v) is 5.03. The highest BCUT2D eigenvalue weighted by atomic mass is 19.1. The highest BCUT2D eigenvalue weighted by Crippen LogP contribution is 2.34. The molecule has 3 aromatic carbocycles. The molecule has 27 heavy (non-hydrogen) atoms. The van der Waals surface area contributed by atoms with E-state index in [1.165, 1.54) is 12.1 Å². The molecular weight excluding hydrogens is 339 g/mol. The van der Waals surface area contributed by atoms with Gasteiger partial charge in [0.2, 0.25) is 0 Å². The molecule has 0 spiro atoms. The van der Waals surface area contributed by atoms with Gasteiger partial charge >= 0.3 is 0 Å². The molecule has 0 fully saturated rings. The number of carbonyl (C=O) groups is 1. The fraction of sp³-hybridized carbons (Fsp3) is 0.174. The lowest BCUT2D eigenvalue weighted by Crippen LogP contribution is -2.37. The van der Waals surface area contributed by atoms with E-state index >= 15 is 0 Å². The average molecular weight is 360 g/mol. The molecule has 1 aliphatic heterocycles. The summed E-state index contributed by atoms with van der Waals surface area (Å²) in [5.74, 6) is -0.283. The molecule has 4 heteroatoms. The normalized spacial score (nSPS) is 17.0. The molecule has 3 aromatic rings. The van der Waals surface area contributed by atoms with Crippen molar-refractivity contribution in [3.63, 3.8) is 0 Å². The zero-order valence-corrected chi connectivity index (χ0v) is 15.1. The molecule has 0 bridgehead atoms.